The number of amides is 1. The van der Waals surface area contributed by atoms with E-state index in [1.54, 1.807) is 37.3 Å². The van der Waals surface area contributed by atoms with Crippen LogP contribution in [0.1, 0.15) is 46.3 Å². The van der Waals surface area contributed by atoms with Gasteiger partial charge in [0.2, 0.25) is 5.91 Å². The van der Waals surface area contributed by atoms with Crippen molar-refractivity contribution in [1.29, 1.82) is 0 Å². The Morgan fingerprint density at radius 1 is 0.944 bits per heavy atom. The smallest absolute Gasteiger partial charge is 0.268 e. The molecule has 3 rings (SSSR count). The van der Waals surface area contributed by atoms with Crippen molar-refractivity contribution in [2.24, 2.45) is 0 Å². The molecule has 0 radical (unpaired) electrons. The van der Waals surface area contributed by atoms with Crippen molar-refractivity contribution in [2.45, 2.75) is 52.5 Å². The first-order valence-electron chi connectivity index (χ1n) is 11.7. The fourth-order valence-corrected chi connectivity index (χ4v) is 5.93. The third-order valence-corrected chi connectivity index (χ3v) is 8.55. The first-order valence-corrected chi connectivity index (χ1v) is 13.5. The summed E-state index contributed by atoms with van der Waals surface area (Å²) >= 11 is 6.34. The molecule has 8 heteroatoms. The Kier molecular flexibility index (Phi) is 8.37. The lowest BCUT2D eigenvalue weighted by molar-refractivity contribution is -0.120. The Labute approximate surface area is 219 Å². The number of carbonyl (C=O) groups excluding carboxylic acids is 1. The van der Waals surface area contributed by atoms with Crippen molar-refractivity contribution >= 4 is 33.2 Å². The molecule has 36 heavy (non-hydrogen) atoms. The van der Waals surface area contributed by atoms with E-state index in [1.807, 2.05) is 34.6 Å². The zero-order valence-electron chi connectivity index (χ0n) is 21.8. The lowest BCUT2D eigenvalue weighted by Crippen LogP contribution is -2.41. The second-order valence-electron chi connectivity index (χ2n) is 9.18. The topological polar surface area (TPSA) is 75.7 Å². The second-order valence-corrected chi connectivity index (χ2v) is 11.4. The Morgan fingerprint density at radius 3 is 2.25 bits per heavy atom. The molecule has 0 unspecified atom stereocenters. The molecule has 1 N–H and O–H groups in total. The number of hydrogen-bond acceptors (Lipinski definition) is 4. The molecule has 0 aliphatic rings. The van der Waals surface area contributed by atoms with Gasteiger partial charge in [0.05, 0.1) is 18.8 Å². The predicted octanol–water partition coefficient (Wildman–Crippen LogP) is 5.96. The normalized spacial score (nSPS) is 12.2. The van der Waals surface area contributed by atoms with Crippen molar-refractivity contribution in [3.8, 4) is 5.75 Å². The molecule has 192 valence electrons. The van der Waals surface area contributed by atoms with E-state index in [4.69, 9.17) is 16.3 Å². The molecule has 6 nitrogen and oxygen atoms in total. The largest absolute Gasteiger partial charge is 0.495 e. The van der Waals surface area contributed by atoms with Gasteiger partial charge in [-0.05, 0) is 99.2 Å². The van der Waals surface area contributed by atoms with Crippen LogP contribution in [-0.2, 0) is 14.8 Å². The SMILES string of the molecule is COc1ccc(C)cc1S(=O)(=O)N(CC(=O)N[C@@H](C)c1cc(C)c(C)cc1C)c1ccc(C)c(Cl)c1. The minimum atomic E-state index is -4.18. The number of nitrogens with zero attached hydrogens (tertiary/aromatic N) is 1. The van der Waals surface area contributed by atoms with Crippen LogP contribution in [0.5, 0.6) is 5.75 Å². The summed E-state index contributed by atoms with van der Waals surface area (Å²) in [5.41, 5.74) is 6.19. The lowest BCUT2D eigenvalue weighted by atomic mass is 9.96. The monoisotopic (exact) mass is 528 g/mol. The van der Waals surface area contributed by atoms with Crippen molar-refractivity contribution < 1.29 is 17.9 Å². The third-order valence-electron chi connectivity index (χ3n) is 6.34. The van der Waals surface area contributed by atoms with Crippen LogP contribution in [0, 0.1) is 34.6 Å². The third kappa shape index (κ3) is 5.85. The average molecular weight is 529 g/mol. The molecule has 0 saturated carbocycles. The molecule has 3 aromatic carbocycles. The molecular weight excluding hydrogens is 496 g/mol. The van der Waals surface area contributed by atoms with Gasteiger partial charge in [-0.1, -0.05) is 35.9 Å². The summed E-state index contributed by atoms with van der Waals surface area (Å²) in [6.45, 7) is 11.2. The number of methoxy groups -OCH3 is 1. The van der Waals surface area contributed by atoms with Crippen molar-refractivity contribution in [1.82, 2.24) is 5.32 Å². The summed E-state index contributed by atoms with van der Waals surface area (Å²) in [5.74, 6) is -0.240. The van der Waals surface area contributed by atoms with Gasteiger partial charge in [0.15, 0.2) is 0 Å². The summed E-state index contributed by atoms with van der Waals surface area (Å²) in [6.07, 6.45) is 0. The first kappa shape index (κ1) is 27.6. The van der Waals surface area contributed by atoms with E-state index in [-0.39, 0.29) is 16.7 Å². The molecule has 0 aliphatic carbocycles. The minimum Gasteiger partial charge on any atom is -0.495 e. The van der Waals surface area contributed by atoms with Gasteiger partial charge in [0, 0.05) is 5.02 Å². The Morgan fingerprint density at radius 2 is 1.61 bits per heavy atom. The Balaban J connectivity index is 2.01. The zero-order valence-corrected chi connectivity index (χ0v) is 23.3. The molecule has 0 heterocycles. The Bertz CT molecular complexity index is 1400. The highest BCUT2D eigenvalue weighted by Gasteiger charge is 2.31. The summed E-state index contributed by atoms with van der Waals surface area (Å²) in [7, 11) is -2.76. The molecule has 0 aliphatic heterocycles. The number of aryl methyl sites for hydroxylation is 5. The van der Waals surface area contributed by atoms with Crippen LogP contribution >= 0.6 is 11.6 Å². The summed E-state index contributed by atoms with van der Waals surface area (Å²) in [6, 6.07) is 13.7. The lowest BCUT2D eigenvalue weighted by Gasteiger charge is -2.26. The van der Waals surface area contributed by atoms with E-state index < -0.39 is 22.5 Å². The van der Waals surface area contributed by atoms with Crippen LogP contribution in [0.4, 0.5) is 5.69 Å². The van der Waals surface area contributed by atoms with E-state index in [2.05, 4.69) is 17.4 Å². The summed E-state index contributed by atoms with van der Waals surface area (Å²) < 4.78 is 34.2. The highest BCUT2D eigenvalue weighted by Crippen LogP contribution is 2.33. The molecule has 0 bridgehead atoms. The number of anilines is 1. The highest BCUT2D eigenvalue weighted by atomic mass is 35.5. The summed E-state index contributed by atoms with van der Waals surface area (Å²) in [4.78, 5) is 13.2. The van der Waals surface area contributed by atoms with Gasteiger partial charge in [-0.2, -0.15) is 0 Å². The number of nitrogens with one attached hydrogen (secondary N) is 1. The van der Waals surface area contributed by atoms with Gasteiger partial charge in [0.25, 0.3) is 10.0 Å². The van der Waals surface area contributed by atoms with E-state index in [0.717, 1.165) is 32.1 Å². The van der Waals surface area contributed by atoms with Crippen molar-refractivity contribution in [3.05, 3.63) is 86.9 Å². The summed E-state index contributed by atoms with van der Waals surface area (Å²) in [5, 5.41) is 3.37. The highest BCUT2D eigenvalue weighted by molar-refractivity contribution is 7.93. The standard InChI is InChI=1S/C28H33ClN2O4S/c1-17-8-11-26(35-7)27(12-17)36(33,34)31(23-10-9-18(2)25(29)15-23)16-28(32)30-22(6)24-14-20(4)19(3)13-21(24)5/h8-15,22H,16H2,1-7H3,(H,30,32)/t22-/m0/s1. The number of halogens is 1. The first-order chi connectivity index (χ1) is 16.8. The van der Waals surface area contributed by atoms with E-state index in [0.29, 0.717) is 10.7 Å². The molecule has 1 amide bonds. The fraction of sp³-hybridized carbons (Fsp3) is 0.321. The Hall–Kier alpha value is -3.03. The number of rotatable bonds is 8. The van der Waals surface area contributed by atoms with Crippen LogP contribution < -0.4 is 14.4 Å². The number of sulfonamides is 1. The van der Waals surface area contributed by atoms with Crippen LogP contribution in [0.3, 0.4) is 0 Å². The minimum absolute atomic E-state index is 0.0208. The maximum atomic E-state index is 13.9. The van der Waals surface area contributed by atoms with Crippen LogP contribution in [-0.4, -0.2) is 28.0 Å². The number of carbonyl (C=O) groups is 1. The van der Waals surface area contributed by atoms with Gasteiger partial charge >= 0.3 is 0 Å². The van der Waals surface area contributed by atoms with Crippen molar-refractivity contribution in [2.75, 3.05) is 18.0 Å². The van der Waals surface area contributed by atoms with E-state index >= 15 is 0 Å². The van der Waals surface area contributed by atoms with Gasteiger partial charge in [0.1, 0.15) is 17.2 Å². The van der Waals surface area contributed by atoms with Crippen LogP contribution in [0.25, 0.3) is 0 Å². The quantitative estimate of drug-likeness (QED) is 0.391. The van der Waals surface area contributed by atoms with Gasteiger partial charge in [-0.15, -0.1) is 0 Å². The molecule has 0 fully saturated rings. The molecule has 0 saturated heterocycles. The fourth-order valence-electron chi connectivity index (χ4n) is 4.10. The van der Waals surface area contributed by atoms with Crippen molar-refractivity contribution in [3.63, 3.8) is 0 Å². The second kappa shape index (κ2) is 10.9. The number of ether oxygens (including phenoxy) is 1. The average Bonchev–Trinajstić information content (AvgIpc) is 2.81. The van der Waals surface area contributed by atoms with Gasteiger partial charge in [-0.25, -0.2) is 8.42 Å². The zero-order chi connectivity index (χ0) is 26.8. The predicted molar refractivity (Wildman–Crippen MR) is 146 cm³/mol. The van der Waals surface area contributed by atoms with Gasteiger partial charge < -0.3 is 10.1 Å². The molecular formula is C28H33ClN2O4S. The maximum absolute atomic E-state index is 13.9. The van der Waals surface area contributed by atoms with Crippen LogP contribution in [0.2, 0.25) is 5.02 Å². The van der Waals surface area contributed by atoms with E-state index in [9.17, 15) is 13.2 Å². The molecule has 0 spiro atoms. The number of hydrogen-bond donors (Lipinski definition) is 1. The molecule has 0 aromatic heterocycles. The molecule has 3 aromatic rings. The maximum Gasteiger partial charge on any atom is 0.268 e. The van der Waals surface area contributed by atoms with E-state index in [1.165, 1.54) is 18.7 Å². The van der Waals surface area contributed by atoms with Crippen LogP contribution in [0.15, 0.2) is 53.4 Å². The molecule has 1 atom stereocenters. The van der Waals surface area contributed by atoms with Gasteiger partial charge in [-0.3, -0.25) is 9.10 Å². The number of benzene rings is 3.